The van der Waals surface area contributed by atoms with E-state index in [1.165, 1.54) is 16.7 Å². The van der Waals surface area contributed by atoms with E-state index in [2.05, 4.69) is 60.6 Å². The second-order valence-corrected chi connectivity index (χ2v) is 7.85. The van der Waals surface area contributed by atoms with Crippen LogP contribution >= 0.6 is 0 Å². The summed E-state index contributed by atoms with van der Waals surface area (Å²) in [5.41, 5.74) is 9.81. The summed E-state index contributed by atoms with van der Waals surface area (Å²) < 4.78 is 6.06. The van der Waals surface area contributed by atoms with Crippen molar-refractivity contribution in [2.45, 2.75) is 72.1 Å². The molecule has 0 atom stereocenters. The lowest BCUT2D eigenvalue weighted by molar-refractivity contribution is 0.319. The zero-order chi connectivity index (χ0) is 16.3. The summed E-state index contributed by atoms with van der Waals surface area (Å²) in [5.74, 6) is 1.08. The molecule has 0 bridgehead atoms. The lowest BCUT2D eigenvalue weighted by atomic mass is 9.78. The molecule has 2 nitrogen and oxygen atoms in total. The number of benzene rings is 1. The van der Waals surface area contributed by atoms with E-state index in [0.29, 0.717) is 6.61 Å². The summed E-state index contributed by atoms with van der Waals surface area (Å²) in [6.45, 7) is 17.0. The monoisotopic (exact) mass is 291 g/mol. The van der Waals surface area contributed by atoms with Crippen molar-refractivity contribution >= 4 is 0 Å². The van der Waals surface area contributed by atoms with Gasteiger partial charge in [-0.05, 0) is 42.7 Å². The highest BCUT2D eigenvalue weighted by Crippen LogP contribution is 2.40. The van der Waals surface area contributed by atoms with Crippen molar-refractivity contribution in [3.63, 3.8) is 0 Å². The molecule has 0 fully saturated rings. The molecule has 0 saturated heterocycles. The van der Waals surface area contributed by atoms with Gasteiger partial charge < -0.3 is 10.5 Å². The first-order valence-corrected chi connectivity index (χ1v) is 8.12. The van der Waals surface area contributed by atoms with E-state index in [4.69, 9.17) is 10.5 Å². The molecule has 0 aromatic heterocycles. The quantitative estimate of drug-likeness (QED) is 0.862. The van der Waals surface area contributed by atoms with Crippen LogP contribution in [0.15, 0.2) is 12.1 Å². The van der Waals surface area contributed by atoms with Crippen molar-refractivity contribution in [2.75, 3.05) is 13.2 Å². The van der Waals surface area contributed by atoms with Crippen molar-refractivity contribution in [1.82, 2.24) is 0 Å². The average Bonchev–Trinajstić information content (AvgIpc) is 2.34. The third-order valence-corrected chi connectivity index (χ3v) is 3.72. The molecule has 0 aliphatic rings. The van der Waals surface area contributed by atoms with Gasteiger partial charge in [0.05, 0.1) is 6.61 Å². The average molecular weight is 291 g/mol. The second-order valence-electron chi connectivity index (χ2n) is 7.85. The summed E-state index contributed by atoms with van der Waals surface area (Å²) in [5, 5.41) is 0. The van der Waals surface area contributed by atoms with Gasteiger partial charge in [0, 0.05) is 11.1 Å². The van der Waals surface area contributed by atoms with Crippen molar-refractivity contribution < 1.29 is 4.74 Å². The fourth-order valence-electron chi connectivity index (χ4n) is 2.55. The lowest BCUT2D eigenvalue weighted by Crippen LogP contribution is -2.20. The number of rotatable bonds is 5. The first kappa shape index (κ1) is 18.0. The van der Waals surface area contributed by atoms with Gasteiger partial charge >= 0.3 is 0 Å². The molecule has 0 aliphatic heterocycles. The number of hydrogen-bond donors (Lipinski definition) is 1. The van der Waals surface area contributed by atoms with Crippen molar-refractivity contribution in [2.24, 2.45) is 5.73 Å². The molecule has 2 heteroatoms. The van der Waals surface area contributed by atoms with Crippen LogP contribution in [-0.2, 0) is 17.3 Å². The van der Waals surface area contributed by atoms with E-state index in [9.17, 15) is 0 Å². The van der Waals surface area contributed by atoms with Crippen LogP contribution in [0.5, 0.6) is 5.75 Å². The number of hydrogen-bond acceptors (Lipinski definition) is 2. The Labute approximate surface area is 131 Å². The van der Waals surface area contributed by atoms with E-state index in [1.807, 2.05) is 0 Å². The molecule has 1 rings (SSSR count). The molecule has 21 heavy (non-hydrogen) atoms. The first-order valence-electron chi connectivity index (χ1n) is 8.12. The SMILES string of the molecule is CCOc1c(C(C)(C)C)cc(CCCN)cc1C(C)(C)C. The molecule has 0 aliphatic carbocycles. The highest BCUT2D eigenvalue weighted by molar-refractivity contribution is 5.51. The van der Waals surface area contributed by atoms with Crippen LogP contribution in [0.2, 0.25) is 0 Å². The van der Waals surface area contributed by atoms with Crippen LogP contribution < -0.4 is 10.5 Å². The van der Waals surface area contributed by atoms with E-state index in [1.54, 1.807) is 0 Å². The summed E-state index contributed by atoms with van der Waals surface area (Å²) in [4.78, 5) is 0. The standard InChI is InChI=1S/C19H33NO/c1-8-21-17-15(18(2,3)4)12-14(10-9-11-20)13-16(17)19(5,6)7/h12-13H,8-11,20H2,1-7H3. The maximum absolute atomic E-state index is 6.06. The Morgan fingerprint density at radius 2 is 1.43 bits per heavy atom. The van der Waals surface area contributed by atoms with Gasteiger partial charge in [-0.15, -0.1) is 0 Å². The second kappa shape index (κ2) is 6.83. The van der Waals surface area contributed by atoms with E-state index in [0.717, 1.165) is 25.1 Å². The molecule has 0 saturated carbocycles. The van der Waals surface area contributed by atoms with Crippen LogP contribution in [-0.4, -0.2) is 13.2 Å². The summed E-state index contributed by atoms with van der Waals surface area (Å²) >= 11 is 0. The Bertz CT molecular complexity index is 428. The Balaban J connectivity index is 3.50. The fourth-order valence-corrected chi connectivity index (χ4v) is 2.55. The van der Waals surface area contributed by atoms with Gasteiger partial charge in [0.1, 0.15) is 5.75 Å². The molecule has 2 N–H and O–H groups in total. The summed E-state index contributed by atoms with van der Waals surface area (Å²) in [7, 11) is 0. The molecule has 0 spiro atoms. The maximum Gasteiger partial charge on any atom is 0.126 e. The Hall–Kier alpha value is -1.02. The van der Waals surface area contributed by atoms with Crippen LogP contribution in [0, 0.1) is 0 Å². The minimum Gasteiger partial charge on any atom is -0.493 e. The van der Waals surface area contributed by atoms with Gasteiger partial charge in [-0.25, -0.2) is 0 Å². The lowest BCUT2D eigenvalue weighted by Gasteiger charge is -2.30. The Kier molecular flexibility index (Phi) is 5.86. The fraction of sp³-hybridized carbons (Fsp3) is 0.684. The number of nitrogens with two attached hydrogens (primary N) is 1. The molecule has 0 radical (unpaired) electrons. The van der Waals surface area contributed by atoms with Gasteiger partial charge in [0.2, 0.25) is 0 Å². The predicted molar refractivity (Wildman–Crippen MR) is 92.4 cm³/mol. The minimum atomic E-state index is 0.0726. The first-order chi connectivity index (χ1) is 9.61. The third-order valence-electron chi connectivity index (χ3n) is 3.72. The van der Waals surface area contributed by atoms with E-state index >= 15 is 0 Å². The van der Waals surface area contributed by atoms with Gasteiger partial charge in [0.15, 0.2) is 0 Å². The Morgan fingerprint density at radius 1 is 0.952 bits per heavy atom. The van der Waals surface area contributed by atoms with Gasteiger partial charge in [0.25, 0.3) is 0 Å². The van der Waals surface area contributed by atoms with Gasteiger partial charge in [-0.2, -0.15) is 0 Å². The molecule has 1 aromatic rings. The number of aryl methyl sites for hydroxylation is 1. The molecule has 0 amide bonds. The largest absolute Gasteiger partial charge is 0.493 e. The molecule has 0 unspecified atom stereocenters. The van der Waals surface area contributed by atoms with Crippen LogP contribution in [0.25, 0.3) is 0 Å². The predicted octanol–water partition coefficient (Wildman–Crippen LogP) is 4.57. The van der Waals surface area contributed by atoms with Crippen LogP contribution in [0.1, 0.15) is 71.6 Å². The summed E-state index contributed by atoms with van der Waals surface area (Å²) in [6.07, 6.45) is 2.07. The zero-order valence-electron chi connectivity index (χ0n) is 15.0. The van der Waals surface area contributed by atoms with Crippen molar-refractivity contribution in [3.05, 3.63) is 28.8 Å². The smallest absolute Gasteiger partial charge is 0.126 e. The molecule has 120 valence electrons. The molecule has 1 aromatic carbocycles. The highest BCUT2D eigenvalue weighted by atomic mass is 16.5. The van der Waals surface area contributed by atoms with Crippen LogP contribution in [0.4, 0.5) is 0 Å². The van der Waals surface area contributed by atoms with Gasteiger partial charge in [-0.1, -0.05) is 53.7 Å². The zero-order valence-corrected chi connectivity index (χ0v) is 15.0. The van der Waals surface area contributed by atoms with E-state index in [-0.39, 0.29) is 10.8 Å². The normalized spacial score (nSPS) is 12.6. The van der Waals surface area contributed by atoms with Crippen molar-refractivity contribution in [1.29, 1.82) is 0 Å². The molecule has 0 heterocycles. The molecular formula is C19H33NO. The molecular weight excluding hydrogens is 258 g/mol. The topological polar surface area (TPSA) is 35.2 Å². The van der Waals surface area contributed by atoms with Crippen molar-refractivity contribution in [3.8, 4) is 5.75 Å². The highest BCUT2D eigenvalue weighted by Gasteiger charge is 2.27. The number of ether oxygens (including phenoxy) is 1. The summed E-state index contributed by atoms with van der Waals surface area (Å²) in [6, 6.07) is 4.63. The van der Waals surface area contributed by atoms with E-state index < -0.39 is 0 Å². The van der Waals surface area contributed by atoms with Gasteiger partial charge in [-0.3, -0.25) is 0 Å². The van der Waals surface area contributed by atoms with Crippen LogP contribution in [0.3, 0.4) is 0 Å². The Morgan fingerprint density at radius 3 is 1.76 bits per heavy atom. The maximum atomic E-state index is 6.06. The minimum absolute atomic E-state index is 0.0726. The third kappa shape index (κ3) is 4.74.